The standard InChI is InChI=1S/C13H18N2O3/c16-13(17)11-1-2-12(15-8-11)9-14-7-10-3-5-18-6-4-10/h1-2,8,10,14H,3-7,9H2,(H,16,17). The second-order valence-electron chi connectivity index (χ2n) is 4.53. The number of hydrogen-bond acceptors (Lipinski definition) is 4. The van der Waals surface area contributed by atoms with Gasteiger partial charge in [-0.2, -0.15) is 0 Å². The highest BCUT2D eigenvalue weighted by Gasteiger charge is 2.13. The molecule has 18 heavy (non-hydrogen) atoms. The molecule has 0 spiro atoms. The second kappa shape index (κ2) is 6.47. The molecule has 5 heteroatoms. The monoisotopic (exact) mass is 250 g/mol. The van der Waals surface area contributed by atoms with E-state index >= 15 is 0 Å². The molecule has 2 heterocycles. The van der Waals surface area contributed by atoms with Crippen LogP contribution < -0.4 is 5.32 Å². The molecule has 1 aliphatic heterocycles. The molecule has 1 aromatic rings. The largest absolute Gasteiger partial charge is 0.478 e. The van der Waals surface area contributed by atoms with Gasteiger partial charge in [-0.3, -0.25) is 4.98 Å². The Hall–Kier alpha value is -1.46. The Morgan fingerprint density at radius 1 is 1.44 bits per heavy atom. The maximum absolute atomic E-state index is 10.7. The molecule has 0 radical (unpaired) electrons. The molecule has 0 aromatic carbocycles. The zero-order chi connectivity index (χ0) is 12.8. The van der Waals surface area contributed by atoms with Crippen molar-refractivity contribution in [1.29, 1.82) is 0 Å². The Morgan fingerprint density at radius 2 is 2.22 bits per heavy atom. The van der Waals surface area contributed by atoms with E-state index in [1.54, 1.807) is 12.1 Å². The van der Waals surface area contributed by atoms with Gasteiger partial charge in [-0.15, -0.1) is 0 Å². The molecular formula is C13H18N2O3. The van der Waals surface area contributed by atoms with Crippen LogP contribution in [0.5, 0.6) is 0 Å². The zero-order valence-electron chi connectivity index (χ0n) is 10.3. The van der Waals surface area contributed by atoms with Crippen LogP contribution >= 0.6 is 0 Å². The first-order chi connectivity index (χ1) is 8.75. The quantitative estimate of drug-likeness (QED) is 0.824. The molecule has 1 aliphatic rings. The van der Waals surface area contributed by atoms with Crippen molar-refractivity contribution in [2.24, 2.45) is 5.92 Å². The van der Waals surface area contributed by atoms with E-state index < -0.39 is 5.97 Å². The third kappa shape index (κ3) is 3.78. The Labute approximate surface area is 106 Å². The molecule has 0 amide bonds. The normalized spacial score (nSPS) is 16.7. The van der Waals surface area contributed by atoms with Gasteiger partial charge in [0.05, 0.1) is 11.3 Å². The predicted octanol–water partition coefficient (Wildman–Crippen LogP) is 1.30. The maximum atomic E-state index is 10.7. The van der Waals surface area contributed by atoms with Gasteiger partial charge in [0.1, 0.15) is 0 Å². The van der Waals surface area contributed by atoms with Gasteiger partial charge in [-0.05, 0) is 37.4 Å². The van der Waals surface area contributed by atoms with Gasteiger partial charge in [-0.1, -0.05) is 0 Å². The number of rotatable bonds is 5. The molecule has 0 bridgehead atoms. The van der Waals surface area contributed by atoms with Crippen LogP contribution in [0, 0.1) is 5.92 Å². The highest BCUT2D eigenvalue weighted by molar-refractivity contribution is 5.87. The van der Waals surface area contributed by atoms with Crippen molar-refractivity contribution in [3.05, 3.63) is 29.6 Å². The fourth-order valence-electron chi connectivity index (χ4n) is 2.01. The lowest BCUT2D eigenvalue weighted by molar-refractivity contribution is 0.0662. The Bertz CT molecular complexity index is 386. The van der Waals surface area contributed by atoms with E-state index in [1.807, 2.05) is 0 Å². The van der Waals surface area contributed by atoms with Crippen molar-refractivity contribution in [2.75, 3.05) is 19.8 Å². The van der Waals surface area contributed by atoms with Crippen LogP contribution in [0.2, 0.25) is 0 Å². The van der Waals surface area contributed by atoms with Gasteiger partial charge in [-0.25, -0.2) is 4.79 Å². The molecule has 0 unspecified atom stereocenters. The lowest BCUT2D eigenvalue weighted by Crippen LogP contribution is -2.27. The molecule has 5 nitrogen and oxygen atoms in total. The molecular weight excluding hydrogens is 232 g/mol. The summed E-state index contributed by atoms with van der Waals surface area (Å²) in [7, 11) is 0. The van der Waals surface area contributed by atoms with E-state index in [2.05, 4.69) is 10.3 Å². The lowest BCUT2D eigenvalue weighted by atomic mass is 10.0. The van der Waals surface area contributed by atoms with Crippen LogP contribution in [0.3, 0.4) is 0 Å². The van der Waals surface area contributed by atoms with E-state index in [4.69, 9.17) is 9.84 Å². The Morgan fingerprint density at radius 3 is 2.83 bits per heavy atom. The first-order valence-electron chi connectivity index (χ1n) is 6.22. The number of ether oxygens (including phenoxy) is 1. The summed E-state index contributed by atoms with van der Waals surface area (Å²) >= 11 is 0. The molecule has 2 N–H and O–H groups in total. The highest BCUT2D eigenvalue weighted by Crippen LogP contribution is 2.13. The molecule has 2 rings (SSSR count). The summed E-state index contributed by atoms with van der Waals surface area (Å²) < 4.78 is 5.30. The summed E-state index contributed by atoms with van der Waals surface area (Å²) in [4.78, 5) is 14.8. The van der Waals surface area contributed by atoms with Crippen molar-refractivity contribution in [1.82, 2.24) is 10.3 Å². The van der Waals surface area contributed by atoms with E-state index in [-0.39, 0.29) is 5.56 Å². The molecule has 1 fully saturated rings. The molecule has 98 valence electrons. The molecule has 1 aromatic heterocycles. The first kappa shape index (κ1) is 13.0. The van der Waals surface area contributed by atoms with Crippen molar-refractivity contribution >= 4 is 5.97 Å². The summed E-state index contributed by atoms with van der Waals surface area (Å²) in [5.74, 6) is -0.263. The van der Waals surface area contributed by atoms with Crippen LogP contribution in [-0.2, 0) is 11.3 Å². The van der Waals surface area contributed by atoms with E-state index in [9.17, 15) is 4.79 Å². The number of pyridine rings is 1. The van der Waals surface area contributed by atoms with E-state index in [0.717, 1.165) is 38.3 Å². The number of nitrogens with one attached hydrogen (secondary N) is 1. The number of carbonyl (C=O) groups is 1. The smallest absolute Gasteiger partial charge is 0.337 e. The fraction of sp³-hybridized carbons (Fsp3) is 0.538. The van der Waals surface area contributed by atoms with E-state index in [0.29, 0.717) is 12.5 Å². The summed E-state index contributed by atoms with van der Waals surface area (Å²) in [6.45, 7) is 3.36. The second-order valence-corrected chi connectivity index (χ2v) is 4.53. The highest BCUT2D eigenvalue weighted by atomic mass is 16.5. The number of carboxylic acids is 1. The number of aromatic carboxylic acids is 1. The number of hydrogen-bond donors (Lipinski definition) is 2. The number of aromatic nitrogens is 1. The molecule has 0 saturated carbocycles. The van der Waals surface area contributed by atoms with Gasteiger partial charge in [0.2, 0.25) is 0 Å². The van der Waals surface area contributed by atoms with Gasteiger partial charge in [0, 0.05) is 26.0 Å². The van der Waals surface area contributed by atoms with Gasteiger partial charge < -0.3 is 15.2 Å². The van der Waals surface area contributed by atoms with Crippen LogP contribution in [0.15, 0.2) is 18.3 Å². The zero-order valence-corrected chi connectivity index (χ0v) is 10.3. The van der Waals surface area contributed by atoms with Gasteiger partial charge in [0.15, 0.2) is 0 Å². The molecule has 0 atom stereocenters. The first-order valence-corrected chi connectivity index (χ1v) is 6.22. The average Bonchev–Trinajstić information content (AvgIpc) is 2.40. The maximum Gasteiger partial charge on any atom is 0.337 e. The fourth-order valence-corrected chi connectivity index (χ4v) is 2.01. The third-order valence-corrected chi connectivity index (χ3v) is 3.15. The third-order valence-electron chi connectivity index (χ3n) is 3.15. The number of carboxylic acid groups (broad SMARTS) is 1. The minimum atomic E-state index is -0.941. The minimum absolute atomic E-state index is 0.225. The van der Waals surface area contributed by atoms with Crippen LogP contribution in [-0.4, -0.2) is 35.8 Å². The summed E-state index contributed by atoms with van der Waals surface area (Å²) in [6, 6.07) is 3.33. The average molecular weight is 250 g/mol. The summed E-state index contributed by atoms with van der Waals surface area (Å²) in [6.07, 6.45) is 3.62. The van der Waals surface area contributed by atoms with Crippen molar-refractivity contribution in [2.45, 2.75) is 19.4 Å². The lowest BCUT2D eigenvalue weighted by Gasteiger charge is -2.22. The van der Waals surface area contributed by atoms with Gasteiger partial charge in [0.25, 0.3) is 0 Å². The van der Waals surface area contributed by atoms with Crippen LogP contribution in [0.1, 0.15) is 28.9 Å². The van der Waals surface area contributed by atoms with Gasteiger partial charge >= 0.3 is 5.97 Å². The SMILES string of the molecule is O=C(O)c1ccc(CNCC2CCOCC2)nc1. The van der Waals surface area contributed by atoms with Crippen molar-refractivity contribution < 1.29 is 14.6 Å². The summed E-state index contributed by atoms with van der Waals surface area (Å²) in [5, 5.41) is 12.1. The molecule has 0 aliphatic carbocycles. The van der Waals surface area contributed by atoms with Crippen molar-refractivity contribution in [3.8, 4) is 0 Å². The predicted molar refractivity (Wildman–Crippen MR) is 66.4 cm³/mol. The Kier molecular flexibility index (Phi) is 4.66. The Balaban J connectivity index is 1.74. The van der Waals surface area contributed by atoms with Crippen LogP contribution in [0.4, 0.5) is 0 Å². The number of nitrogens with zero attached hydrogens (tertiary/aromatic N) is 1. The molecule has 1 saturated heterocycles. The van der Waals surface area contributed by atoms with E-state index in [1.165, 1.54) is 6.20 Å². The minimum Gasteiger partial charge on any atom is -0.478 e. The van der Waals surface area contributed by atoms with Crippen molar-refractivity contribution in [3.63, 3.8) is 0 Å². The van der Waals surface area contributed by atoms with Crippen LogP contribution in [0.25, 0.3) is 0 Å². The topological polar surface area (TPSA) is 71.5 Å². The summed E-state index contributed by atoms with van der Waals surface area (Å²) in [5.41, 5.74) is 1.09.